The average Bonchev–Trinajstić information content (AvgIpc) is 2.37. The topological polar surface area (TPSA) is 20.2 Å². The molecular formula is C7H8OS. The van der Waals surface area contributed by atoms with Crippen molar-refractivity contribution in [3.05, 3.63) is 35.0 Å². The first-order valence-electron chi connectivity index (χ1n) is 2.68. The van der Waals surface area contributed by atoms with E-state index in [9.17, 15) is 0 Å². The maximum absolute atomic E-state index is 9.11. The van der Waals surface area contributed by atoms with Crippen molar-refractivity contribution in [3.8, 4) is 0 Å². The van der Waals surface area contributed by atoms with Crippen LogP contribution in [0.4, 0.5) is 0 Å². The molecule has 2 heteroatoms. The predicted molar refractivity (Wildman–Crippen MR) is 39.5 cm³/mol. The van der Waals surface area contributed by atoms with Gasteiger partial charge in [-0.25, -0.2) is 0 Å². The Hall–Kier alpha value is -0.600. The summed E-state index contributed by atoms with van der Waals surface area (Å²) in [6.07, 6.45) is 1.04. The smallest absolute Gasteiger partial charge is 0.106 e. The van der Waals surface area contributed by atoms with Gasteiger partial charge in [0.15, 0.2) is 0 Å². The summed E-state index contributed by atoms with van der Waals surface area (Å²) in [5, 5.41) is 11.0. The van der Waals surface area contributed by atoms with E-state index in [4.69, 9.17) is 5.11 Å². The fourth-order valence-corrected chi connectivity index (χ4v) is 1.28. The summed E-state index contributed by atoms with van der Waals surface area (Å²) in [7, 11) is 0. The highest BCUT2D eigenvalue weighted by molar-refractivity contribution is 7.10. The Morgan fingerprint density at radius 2 is 2.56 bits per heavy atom. The Kier molecular flexibility index (Phi) is 2.03. The molecule has 48 valence electrons. The molecule has 0 aliphatic carbocycles. The third kappa shape index (κ3) is 1.40. The fraction of sp³-hybridized carbons (Fsp3) is 0.143. The molecule has 0 radical (unpaired) electrons. The standard InChI is InChI=1S/C7H8OS/c1-2-6(8)7-4-3-5-9-7/h2-6,8H,1H2/t6-/m1/s1. The molecule has 1 rings (SSSR count). The van der Waals surface area contributed by atoms with Crippen molar-refractivity contribution >= 4 is 11.3 Å². The Morgan fingerprint density at radius 3 is 3.00 bits per heavy atom. The number of rotatable bonds is 2. The van der Waals surface area contributed by atoms with Gasteiger partial charge in [0.2, 0.25) is 0 Å². The Balaban J connectivity index is 2.76. The van der Waals surface area contributed by atoms with E-state index >= 15 is 0 Å². The van der Waals surface area contributed by atoms with Gasteiger partial charge in [-0.2, -0.15) is 0 Å². The molecule has 1 nitrogen and oxygen atoms in total. The molecule has 1 heterocycles. The summed E-state index contributed by atoms with van der Waals surface area (Å²) < 4.78 is 0. The minimum absolute atomic E-state index is 0.481. The molecule has 0 bridgehead atoms. The molecule has 0 aliphatic rings. The van der Waals surface area contributed by atoms with Crippen molar-refractivity contribution in [1.29, 1.82) is 0 Å². The van der Waals surface area contributed by atoms with Crippen molar-refractivity contribution in [3.63, 3.8) is 0 Å². The largest absolute Gasteiger partial charge is 0.383 e. The highest BCUT2D eigenvalue weighted by atomic mass is 32.1. The van der Waals surface area contributed by atoms with Gasteiger partial charge in [0.1, 0.15) is 6.10 Å². The highest BCUT2D eigenvalue weighted by Gasteiger charge is 2.00. The second kappa shape index (κ2) is 2.80. The van der Waals surface area contributed by atoms with Crippen LogP contribution >= 0.6 is 11.3 Å². The molecule has 0 spiro atoms. The summed E-state index contributed by atoms with van der Waals surface area (Å²) in [5.74, 6) is 0. The molecule has 0 saturated carbocycles. The lowest BCUT2D eigenvalue weighted by atomic mass is 10.3. The van der Waals surface area contributed by atoms with Crippen LogP contribution in [0, 0.1) is 0 Å². The summed E-state index contributed by atoms with van der Waals surface area (Å²) in [6, 6.07) is 3.80. The number of hydrogen-bond acceptors (Lipinski definition) is 2. The lowest BCUT2D eigenvalue weighted by molar-refractivity contribution is 0.233. The number of thiophene rings is 1. The van der Waals surface area contributed by atoms with Crippen LogP contribution in [0.25, 0.3) is 0 Å². The predicted octanol–water partition coefficient (Wildman–Crippen LogP) is 1.97. The van der Waals surface area contributed by atoms with E-state index in [2.05, 4.69) is 6.58 Å². The Labute approximate surface area is 58.3 Å². The van der Waals surface area contributed by atoms with E-state index in [0.717, 1.165) is 4.88 Å². The maximum atomic E-state index is 9.11. The molecular weight excluding hydrogens is 132 g/mol. The molecule has 0 unspecified atom stereocenters. The van der Waals surface area contributed by atoms with Crippen LogP contribution in [-0.4, -0.2) is 5.11 Å². The molecule has 0 fully saturated rings. The number of aliphatic hydroxyl groups excluding tert-OH is 1. The lowest BCUT2D eigenvalue weighted by Crippen LogP contribution is -1.85. The van der Waals surface area contributed by atoms with Crippen molar-refractivity contribution in [2.75, 3.05) is 0 Å². The van der Waals surface area contributed by atoms with Crippen molar-refractivity contribution < 1.29 is 5.11 Å². The van der Waals surface area contributed by atoms with Crippen LogP contribution in [0.1, 0.15) is 11.0 Å². The molecule has 1 aromatic rings. The van der Waals surface area contributed by atoms with Gasteiger partial charge in [-0.05, 0) is 11.4 Å². The second-order valence-corrected chi connectivity index (χ2v) is 2.68. The first kappa shape index (κ1) is 6.52. The maximum Gasteiger partial charge on any atom is 0.106 e. The van der Waals surface area contributed by atoms with Crippen molar-refractivity contribution in [1.82, 2.24) is 0 Å². The molecule has 1 N–H and O–H groups in total. The molecule has 9 heavy (non-hydrogen) atoms. The van der Waals surface area contributed by atoms with Crippen LogP contribution in [-0.2, 0) is 0 Å². The third-order valence-corrected chi connectivity index (χ3v) is 2.00. The SMILES string of the molecule is C=C[C@@H](O)c1cccs1. The minimum atomic E-state index is -0.481. The second-order valence-electron chi connectivity index (χ2n) is 1.70. The third-order valence-electron chi connectivity index (χ3n) is 1.06. The minimum Gasteiger partial charge on any atom is -0.383 e. The first-order chi connectivity index (χ1) is 4.34. The van der Waals surface area contributed by atoms with E-state index in [1.807, 2.05) is 17.5 Å². The van der Waals surface area contributed by atoms with E-state index in [0.29, 0.717) is 0 Å². The van der Waals surface area contributed by atoms with Gasteiger partial charge in [-0.3, -0.25) is 0 Å². The zero-order chi connectivity index (χ0) is 6.69. The zero-order valence-corrected chi connectivity index (χ0v) is 5.77. The Bertz CT molecular complexity index is 179. The van der Waals surface area contributed by atoms with Gasteiger partial charge >= 0.3 is 0 Å². The van der Waals surface area contributed by atoms with E-state index in [-0.39, 0.29) is 0 Å². The highest BCUT2D eigenvalue weighted by Crippen LogP contribution is 2.18. The van der Waals surface area contributed by atoms with Crippen molar-refractivity contribution in [2.45, 2.75) is 6.10 Å². The molecule has 0 aliphatic heterocycles. The summed E-state index contributed by atoms with van der Waals surface area (Å²) in [6.45, 7) is 3.47. The molecule has 1 atom stereocenters. The van der Waals surface area contributed by atoms with Crippen LogP contribution in [0.5, 0.6) is 0 Å². The number of hydrogen-bond donors (Lipinski definition) is 1. The summed E-state index contributed by atoms with van der Waals surface area (Å²) in [5.41, 5.74) is 0. The quantitative estimate of drug-likeness (QED) is 0.623. The van der Waals surface area contributed by atoms with Gasteiger partial charge in [-0.15, -0.1) is 17.9 Å². The lowest BCUT2D eigenvalue weighted by Gasteiger charge is -1.97. The average molecular weight is 140 g/mol. The van der Waals surface area contributed by atoms with Gasteiger partial charge in [0.25, 0.3) is 0 Å². The first-order valence-corrected chi connectivity index (χ1v) is 3.56. The van der Waals surface area contributed by atoms with Gasteiger partial charge in [0, 0.05) is 4.88 Å². The normalized spacial score (nSPS) is 13.0. The van der Waals surface area contributed by atoms with Crippen LogP contribution < -0.4 is 0 Å². The molecule has 0 amide bonds. The van der Waals surface area contributed by atoms with Gasteiger partial charge < -0.3 is 5.11 Å². The van der Waals surface area contributed by atoms with E-state index < -0.39 is 6.10 Å². The summed E-state index contributed by atoms with van der Waals surface area (Å²) in [4.78, 5) is 0.949. The fourth-order valence-electron chi connectivity index (χ4n) is 0.576. The number of aliphatic hydroxyl groups is 1. The summed E-state index contributed by atoms with van der Waals surface area (Å²) >= 11 is 1.53. The van der Waals surface area contributed by atoms with Crippen LogP contribution in [0.3, 0.4) is 0 Å². The van der Waals surface area contributed by atoms with Crippen molar-refractivity contribution in [2.24, 2.45) is 0 Å². The van der Waals surface area contributed by atoms with Crippen LogP contribution in [0.15, 0.2) is 30.2 Å². The molecule has 0 aromatic carbocycles. The Morgan fingerprint density at radius 1 is 1.78 bits per heavy atom. The molecule has 0 saturated heterocycles. The monoisotopic (exact) mass is 140 g/mol. The zero-order valence-electron chi connectivity index (χ0n) is 4.95. The van der Waals surface area contributed by atoms with E-state index in [1.165, 1.54) is 17.4 Å². The van der Waals surface area contributed by atoms with E-state index in [1.54, 1.807) is 0 Å². The molecule has 1 aromatic heterocycles. The van der Waals surface area contributed by atoms with Gasteiger partial charge in [0.05, 0.1) is 0 Å². The van der Waals surface area contributed by atoms with Gasteiger partial charge in [-0.1, -0.05) is 12.1 Å². The van der Waals surface area contributed by atoms with Crippen LogP contribution in [0.2, 0.25) is 0 Å².